The minimum absolute atomic E-state index is 0.120. The Bertz CT molecular complexity index is 979. The standard InChI is InChI=1S/C25H29NO7S/c1-16(15-34-24(30)17-7-5-4-6-8-17)22(27)26-14-20(13-21(26)23(28)29)33-19-11-9-18(10-12-19)25(31-2)32-3/h4-12,16,20-21,25H,13-15H2,1-3H3,(H,28,29)/t16?,20?,21-/m0/s1. The van der Waals surface area contributed by atoms with Gasteiger partial charge in [-0.15, -0.1) is 0 Å². The smallest absolute Gasteiger partial charge is 0.326 e. The summed E-state index contributed by atoms with van der Waals surface area (Å²) in [7, 11) is 3.09. The highest BCUT2D eigenvalue weighted by molar-refractivity contribution is 8.14. The van der Waals surface area contributed by atoms with E-state index in [1.54, 1.807) is 57.5 Å². The average molecular weight is 488 g/mol. The van der Waals surface area contributed by atoms with Crippen LogP contribution in [0.3, 0.4) is 0 Å². The first-order valence-electron chi connectivity index (χ1n) is 10.9. The molecule has 1 aliphatic rings. The number of thioether (sulfide) groups is 1. The molecule has 0 spiro atoms. The summed E-state index contributed by atoms with van der Waals surface area (Å²) in [6, 6.07) is 15.0. The Balaban J connectivity index is 1.60. The van der Waals surface area contributed by atoms with Crippen molar-refractivity contribution in [3.05, 3.63) is 65.7 Å². The number of amides is 1. The van der Waals surface area contributed by atoms with E-state index in [1.807, 2.05) is 18.2 Å². The summed E-state index contributed by atoms with van der Waals surface area (Å²) >= 11 is 1.06. The van der Waals surface area contributed by atoms with Crippen LogP contribution in [0.1, 0.15) is 35.6 Å². The van der Waals surface area contributed by atoms with Gasteiger partial charge in [0.05, 0.1) is 6.54 Å². The highest BCUT2D eigenvalue weighted by Gasteiger charge is 2.42. The number of hydrogen-bond donors (Lipinski definition) is 1. The van der Waals surface area contributed by atoms with Crippen molar-refractivity contribution in [2.75, 3.05) is 26.5 Å². The largest absolute Gasteiger partial charge is 0.488 e. The first-order chi connectivity index (χ1) is 16.3. The third-order valence-corrected chi connectivity index (χ3v) is 6.77. The van der Waals surface area contributed by atoms with Gasteiger partial charge in [0.1, 0.15) is 17.9 Å². The molecule has 1 amide bonds. The molecular weight excluding hydrogens is 458 g/mol. The van der Waals surface area contributed by atoms with Crippen molar-refractivity contribution in [2.24, 2.45) is 5.92 Å². The van der Waals surface area contributed by atoms with E-state index in [-0.39, 0.29) is 29.7 Å². The van der Waals surface area contributed by atoms with Gasteiger partial charge < -0.3 is 24.2 Å². The van der Waals surface area contributed by atoms with Gasteiger partial charge in [-0.2, -0.15) is 0 Å². The quantitative estimate of drug-likeness (QED) is 0.507. The van der Waals surface area contributed by atoms with Crippen molar-refractivity contribution in [3.8, 4) is 5.75 Å². The molecule has 8 nitrogen and oxygen atoms in total. The van der Waals surface area contributed by atoms with Crippen molar-refractivity contribution in [1.82, 2.24) is 4.90 Å². The summed E-state index contributed by atoms with van der Waals surface area (Å²) in [5, 5.41) is 9.56. The van der Waals surface area contributed by atoms with Gasteiger partial charge in [0.15, 0.2) is 6.29 Å². The van der Waals surface area contributed by atoms with E-state index in [0.717, 1.165) is 17.3 Å². The summed E-state index contributed by atoms with van der Waals surface area (Å²) in [5.74, 6) is -1.06. The molecule has 2 aromatic carbocycles. The van der Waals surface area contributed by atoms with E-state index >= 15 is 0 Å². The SMILES string of the molecule is COC(OC)c1ccc(OC2C[C@@H](C(=O)O)N(C(=O)C(C)CSC(=O)c3ccccc3)C2)cc1. The van der Waals surface area contributed by atoms with E-state index < -0.39 is 30.3 Å². The summed E-state index contributed by atoms with van der Waals surface area (Å²) in [6.07, 6.45) is -0.759. The topological polar surface area (TPSA) is 102 Å². The summed E-state index contributed by atoms with van der Waals surface area (Å²) in [6.45, 7) is 1.87. The lowest BCUT2D eigenvalue weighted by atomic mass is 10.1. The van der Waals surface area contributed by atoms with Crippen LogP contribution in [0.25, 0.3) is 0 Å². The second-order valence-corrected chi connectivity index (χ2v) is 9.05. The van der Waals surface area contributed by atoms with Crippen LogP contribution >= 0.6 is 11.8 Å². The third kappa shape index (κ3) is 6.37. The molecule has 182 valence electrons. The van der Waals surface area contributed by atoms with E-state index in [4.69, 9.17) is 14.2 Å². The van der Waals surface area contributed by atoms with Crippen molar-refractivity contribution in [2.45, 2.75) is 31.8 Å². The van der Waals surface area contributed by atoms with Gasteiger partial charge in [0, 0.05) is 43.4 Å². The molecule has 0 aromatic heterocycles. The fourth-order valence-electron chi connectivity index (χ4n) is 3.84. The van der Waals surface area contributed by atoms with Crippen LogP contribution in [-0.4, -0.2) is 65.7 Å². The summed E-state index contributed by atoms with van der Waals surface area (Å²) in [5.41, 5.74) is 1.39. The number of nitrogens with zero attached hydrogens (tertiary/aromatic N) is 1. The van der Waals surface area contributed by atoms with Gasteiger partial charge in [-0.05, 0) is 12.1 Å². The number of carboxylic acid groups (broad SMARTS) is 1. The Morgan fingerprint density at radius 3 is 2.29 bits per heavy atom. The number of aliphatic carboxylic acids is 1. The van der Waals surface area contributed by atoms with Gasteiger partial charge in [-0.3, -0.25) is 9.59 Å². The lowest BCUT2D eigenvalue weighted by Gasteiger charge is -2.24. The number of methoxy groups -OCH3 is 2. The Kier molecular flexibility index (Phi) is 9.09. The van der Waals surface area contributed by atoms with E-state index in [0.29, 0.717) is 11.3 Å². The minimum atomic E-state index is -1.07. The maximum atomic E-state index is 13.0. The number of rotatable bonds is 10. The Hall–Kier alpha value is -2.88. The number of hydrogen-bond acceptors (Lipinski definition) is 7. The fourth-order valence-corrected chi connectivity index (χ4v) is 4.68. The van der Waals surface area contributed by atoms with Crippen molar-refractivity contribution in [3.63, 3.8) is 0 Å². The highest BCUT2D eigenvalue weighted by atomic mass is 32.2. The number of benzene rings is 2. The molecule has 1 fully saturated rings. The zero-order valence-electron chi connectivity index (χ0n) is 19.4. The molecule has 2 unspecified atom stereocenters. The number of ether oxygens (including phenoxy) is 3. The van der Waals surface area contributed by atoms with Crippen LogP contribution in [-0.2, 0) is 19.1 Å². The van der Waals surface area contributed by atoms with Gasteiger partial charge >= 0.3 is 5.97 Å². The summed E-state index contributed by atoms with van der Waals surface area (Å²) in [4.78, 5) is 38.6. The summed E-state index contributed by atoms with van der Waals surface area (Å²) < 4.78 is 16.4. The van der Waals surface area contributed by atoms with Gasteiger partial charge in [-0.25, -0.2) is 4.79 Å². The predicted octanol–water partition coefficient (Wildman–Crippen LogP) is 3.62. The zero-order chi connectivity index (χ0) is 24.7. The molecule has 1 heterocycles. The average Bonchev–Trinajstić information content (AvgIpc) is 3.28. The van der Waals surface area contributed by atoms with E-state index in [1.165, 1.54) is 4.90 Å². The van der Waals surface area contributed by atoms with Crippen LogP contribution in [0.2, 0.25) is 0 Å². The lowest BCUT2D eigenvalue weighted by Crippen LogP contribution is -2.43. The highest BCUT2D eigenvalue weighted by Crippen LogP contribution is 2.27. The monoisotopic (exact) mass is 487 g/mol. The predicted molar refractivity (Wildman–Crippen MR) is 128 cm³/mol. The molecule has 3 rings (SSSR count). The first-order valence-corrected chi connectivity index (χ1v) is 11.9. The van der Waals surface area contributed by atoms with Crippen LogP contribution in [0, 0.1) is 5.92 Å². The number of likely N-dealkylation sites (tertiary alicyclic amines) is 1. The molecule has 1 aliphatic heterocycles. The second-order valence-electron chi connectivity index (χ2n) is 8.06. The number of carbonyl (C=O) groups is 3. The van der Waals surface area contributed by atoms with Crippen molar-refractivity contribution >= 4 is 28.8 Å². The zero-order valence-corrected chi connectivity index (χ0v) is 20.2. The van der Waals surface area contributed by atoms with Crippen LogP contribution < -0.4 is 4.74 Å². The van der Waals surface area contributed by atoms with Crippen molar-refractivity contribution in [1.29, 1.82) is 0 Å². The van der Waals surface area contributed by atoms with Crippen LogP contribution in [0.5, 0.6) is 5.75 Å². The maximum absolute atomic E-state index is 13.0. The molecule has 2 aromatic rings. The molecular formula is C25H29NO7S. The van der Waals surface area contributed by atoms with Crippen molar-refractivity contribution < 1.29 is 33.7 Å². The minimum Gasteiger partial charge on any atom is -0.488 e. The molecule has 0 aliphatic carbocycles. The Labute approximate surface area is 203 Å². The van der Waals surface area contributed by atoms with Gasteiger partial charge in [0.25, 0.3) is 0 Å². The molecule has 0 saturated carbocycles. The first kappa shape index (κ1) is 25.7. The normalized spacial score (nSPS) is 18.6. The Morgan fingerprint density at radius 1 is 1.06 bits per heavy atom. The lowest BCUT2D eigenvalue weighted by molar-refractivity contribution is -0.149. The maximum Gasteiger partial charge on any atom is 0.326 e. The molecule has 3 atom stereocenters. The van der Waals surface area contributed by atoms with Gasteiger partial charge in [0.2, 0.25) is 11.0 Å². The van der Waals surface area contributed by atoms with Crippen LogP contribution in [0.4, 0.5) is 0 Å². The number of carbonyl (C=O) groups excluding carboxylic acids is 2. The third-order valence-electron chi connectivity index (χ3n) is 5.61. The molecule has 1 saturated heterocycles. The molecule has 1 N–H and O–H groups in total. The molecule has 9 heteroatoms. The fraction of sp³-hybridized carbons (Fsp3) is 0.400. The second kappa shape index (κ2) is 12.0. The molecule has 34 heavy (non-hydrogen) atoms. The van der Waals surface area contributed by atoms with E-state index in [9.17, 15) is 19.5 Å². The van der Waals surface area contributed by atoms with E-state index in [2.05, 4.69) is 0 Å². The van der Waals surface area contributed by atoms with Gasteiger partial charge in [-0.1, -0.05) is 61.2 Å². The van der Waals surface area contributed by atoms with Crippen LogP contribution in [0.15, 0.2) is 54.6 Å². The molecule has 0 bridgehead atoms. The molecule has 0 radical (unpaired) electrons. The Morgan fingerprint density at radius 2 is 1.71 bits per heavy atom. The number of carboxylic acids is 1.